The molecule has 5 nitrogen and oxygen atoms in total. The van der Waals surface area contributed by atoms with Gasteiger partial charge in [0.25, 0.3) is 5.91 Å². The van der Waals surface area contributed by atoms with Gasteiger partial charge in [-0.25, -0.2) is 0 Å². The highest BCUT2D eigenvalue weighted by Crippen LogP contribution is 2.19. The number of nitrogens with one attached hydrogen (secondary N) is 1. The predicted octanol–water partition coefficient (Wildman–Crippen LogP) is 1.03. The van der Waals surface area contributed by atoms with Gasteiger partial charge in [0, 0.05) is 18.5 Å². The fraction of sp³-hybridized carbons (Fsp3) is 0.214. The Labute approximate surface area is 110 Å². The third kappa shape index (κ3) is 2.03. The van der Waals surface area contributed by atoms with Crippen LogP contribution >= 0.6 is 0 Å². The van der Waals surface area contributed by atoms with E-state index in [1.807, 2.05) is 30.3 Å². The molecule has 0 atom stereocenters. The molecule has 1 aromatic heterocycles. The van der Waals surface area contributed by atoms with Gasteiger partial charge in [-0.1, -0.05) is 30.3 Å². The zero-order valence-electron chi connectivity index (χ0n) is 10.3. The van der Waals surface area contributed by atoms with E-state index < -0.39 is 0 Å². The third-order valence-corrected chi connectivity index (χ3v) is 3.24. The Morgan fingerprint density at radius 2 is 2.11 bits per heavy atom. The number of nitrogens with zero attached hydrogens (tertiary/aromatic N) is 2. The smallest absolute Gasteiger partial charge is 0.269 e. The Balaban J connectivity index is 2.07. The molecule has 3 rings (SSSR count). The van der Waals surface area contributed by atoms with Crippen molar-refractivity contribution in [2.75, 3.05) is 6.54 Å². The van der Waals surface area contributed by atoms with Crippen molar-refractivity contribution in [1.82, 2.24) is 15.1 Å². The molecule has 2 aromatic rings. The lowest BCUT2D eigenvalue weighted by Gasteiger charge is -2.15. The molecule has 0 aliphatic carbocycles. The molecule has 1 aromatic carbocycles. The second kappa shape index (κ2) is 4.68. The summed E-state index contributed by atoms with van der Waals surface area (Å²) in [5.41, 5.74) is 2.63. The van der Waals surface area contributed by atoms with Gasteiger partial charge >= 0.3 is 0 Å². The molecule has 2 heterocycles. The summed E-state index contributed by atoms with van der Waals surface area (Å²) in [5, 5.41) is 6.99. The van der Waals surface area contributed by atoms with E-state index in [2.05, 4.69) is 10.4 Å². The average Bonchev–Trinajstić information content (AvgIpc) is 2.79. The van der Waals surface area contributed by atoms with Crippen LogP contribution in [0.2, 0.25) is 0 Å². The van der Waals surface area contributed by atoms with Gasteiger partial charge in [0.2, 0.25) is 0 Å². The summed E-state index contributed by atoms with van der Waals surface area (Å²) < 4.78 is 1.63. The van der Waals surface area contributed by atoms with Crippen molar-refractivity contribution >= 4 is 12.2 Å². The number of carbonyl (C=O) groups is 2. The van der Waals surface area contributed by atoms with E-state index in [4.69, 9.17) is 0 Å². The molecule has 0 unspecified atom stereocenters. The molecular formula is C14H13N3O2. The summed E-state index contributed by atoms with van der Waals surface area (Å²) in [4.78, 5) is 23.1. The Hall–Kier alpha value is -2.43. The molecule has 0 bridgehead atoms. The Morgan fingerprint density at radius 3 is 2.84 bits per heavy atom. The van der Waals surface area contributed by atoms with Crippen molar-refractivity contribution in [3.8, 4) is 0 Å². The van der Waals surface area contributed by atoms with E-state index in [9.17, 15) is 9.59 Å². The first kappa shape index (κ1) is 11.6. The summed E-state index contributed by atoms with van der Waals surface area (Å²) in [7, 11) is 0. The van der Waals surface area contributed by atoms with E-state index in [0.29, 0.717) is 36.5 Å². The van der Waals surface area contributed by atoms with Crippen LogP contribution in [0, 0.1) is 0 Å². The van der Waals surface area contributed by atoms with Crippen LogP contribution in [-0.4, -0.2) is 28.5 Å². The van der Waals surface area contributed by atoms with E-state index in [1.165, 1.54) is 0 Å². The summed E-state index contributed by atoms with van der Waals surface area (Å²) in [6.45, 7) is 1.16. The van der Waals surface area contributed by atoms with Gasteiger partial charge in [0.05, 0.1) is 6.54 Å². The number of hydrogen-bond donors (Lipinski definition) is 1. The standard InChI is InChI=1S/C14H13N3O2/c18-9-12-11(8-10-4-2-1-3-5-10)13-14(19)15-6-7-17(13)16-12/h1-5,9H,6-8H2,(H,15,19). The van der Waals surface area contributed by atoms with E-state index in [1.54, 1.807) is 4.68 Å². The van der Waals surface area contributed by atoms with Crippen LogP contribution in [0.4, 0.5) is 0 Å². The molecule has 5 heteroatoms. The second-order valence-electron chi connectivity index (χ2n) is 4.47. The lowest BCUT2D eigenvalue weighted by atomic mass is 10.0. The van der Waals surface area contributed by atoms with Gasteiger partial charge in [-0.3, -0.25) is 14.3 Å². The minimum absolute atomic E-state index is 0.155. The fourth-order valence-electron chi connectivity index (χ4n) is 2.36. The van der Waals surface area contributed by atoms with E-state index in [0.717, 1.165) is 11.8 Å². The third-order valence-electron chi connectivity index (χ3n) is 3.24. The van der Waals surface area contributed by atoms with Gasteiger partial charge in [-0.15, -0.1) is 0 Å². The molecule has 1 N–H and O–H groups in total. The lowest BCUT2D eigenvalue weighted by molar-refractivity contribution is 0.0923. The largest absolute Gasteiger partial charge is 0.349 e. The average molecular weight is 255 g/mol. The molecular weight excluding hydrogens is 242 g/mol. The molecule has 0 saturated heterocycles. The maximum absolute atomic E-state index is 11.9. The van der Waals surface area contributed by atoms with Crippen LogP contribution < -0.4 is 5.32 Å². The van der Waals surface area contributed by atoms with Crippen molar-refractivity contribution in [2.24, 2.45) is 0 Å². The number of aromatic nitrogens is 2. The Bertz CT molecular complexity index is 632. The zero-order chi connectivity index (χ0) is 13.2. The lowest BCUT2D eigenvalue weighted by Crippen LogP contribution is -2.36. The quantitative estimate of drug-likeness (QED) is 0.833. The molecule has 1 amide bonds. The molecule has 1 aliphatic heterocycles. The highest BCUT2D eigenvalue weighted by Gasteiger charge is 2.25. The van der Waals surface area contributed by atoms with Crippen LogP contribution in [0.3, 0.4) is 0 Å². The minimum Gasteiger partial charge on any atom is -0.349 e. The highest BCUT2D eigenvalue weighted by atomic mass is 16.2. The number of rotatable bonds is 3. The van der Waals surface area contributed by atoms with Gasteiger partial charge in [-0.2, -0.15) is 5.10 Å². The van der Waals surface area contributed by atoms with E-state index >= 15 is 0 Å². The highest BCUT2D eigenvalue weighted by molar-refractivity contribution is 5.96. The van der Waals surface area contributed by atoms with E-state index in [-0.39, 0.29) is 5.91 Å². The van der Waals surface area contributed by atoms with Gasteiger partial charge in [0.1, 0.15) is 11.4 Å². The zero-order valence-corrected chi connectivity index (χ0v) is 10.3. The number of aldehydes is 1. The number of carbonyl (C=O) groups excluding carboxylic acids is 2. The van der Waals surface area contributed by atoms with Crippen molar-refractivity contribution in [2.45, 2.75) is 13.0 Å². The number of fused-ring (bicyclic) bond motifs is 1. The van der Waals surface area contributed by atoms with Crippen LogP contribution in [0.5, 0.6) is 0 Å². The molecule has 0 fully saturated rings. The molecule has 0 spiro atoms. The monoisotopic (exact) mass is 255 g/mol. The summed E-state index contributed by atoms with van der Waals surface area (Å²) in [6.07, 6.45) is 1.26. The maximum atomic E-state index is 11.9. The van der Waals surface area contributed by atoms with Crippen molar-refractivity contribution in [3.63, 3.8) is 0 Å². The number of amides is 1. The molecule has 0 saturated carbocycles. The predicted molar refractivity (Wildman–Crippen MR) is 69.2 cm³/mol. The molecule has 19 heavy (non-hydrogen) atoms. The van der Waals surface area contributed by atoms with Crippen molar-refractivity contribution in [1.29, 1.82) is 0 Å². The summed E-state index contributed by atoms with van der Waals surface area (Å²) in [6, 6.07) is 9.75. The van der Waals surface area contributed by atoms with Crippen LogP contribution in [0.15, 0.2) is 30.3 Å². The van der Waals surface area contributed by atoms with Crippen molar-refractivity contribution < 1.29 is 9.59 Å². The van der Waals surface area contributed by atoms with Crippen LogP contribution in [0.1, 0.15) is 32.1 Å². The summed E-state index contributed by atoms with van der Waals surface area (Å²) in [5.74, 6) is -0.155. The number of hydrogen-bond acceptors (Lipinski definition) is 3. The SMILES string of the molecule is O=Cc1nn2c(c1Cc1ccccc1)C(=O)NCC2. The first-order valence-electron chi connectivity index (χ1n) is 6.16. The van der Waals surface area contributed by atoms with Crippen LogP contribution in [0.25, 0.3) is 0 Å². The van der Waals surface area contributed by atoms with Crippen molar-refractivity contribution in [3.05, 3.63) is 52.8 Å². The number of benzene rings is 1. The second-order valence-corrected chi connectivity index (χ2v) is 4.47. The van der Waals surface area contributed by atoms with Gasteiger partial charge < -0.3 is 5.32 Å². The molecule has 0 radical (unpaired) electrons. The first-order valence-corrected chi connectivity index (χ1v) is 6.16. The topological polar surface area (TPSA) is 64.0 Å². The molecule has 1 aliphatic rings. The summed E-state index contributed by atoms with van der Waals surface area (Å²) >= 11 is 0. The van der Waals surface area contributed by atoms with Gasteiger partial charge in [0.15, 0.2) is 6.29 Å². The molecule has 96 valence electrons. The Kier molecular flexibility index (Phi) is 2.87. The minimum atomic E-state index is -0.155. The van der Waals surface area contributed by atoms with Gasteiger partial charge in [-0.05, 0) is 5.56 Å². The Morgan fingerprint density at radius 1 is 1.32 bits per heavy atom. The van der Waals surface area contributed by atoms with Crippen LogP contribution in [-0.2, 0) is 13.0 Å². The fourth-order valence-corrected chi connectivity index (χ4v) is 2.36. The normalized spacial score (nSPS) is 13.8. The first-order chi connectivity index (χ1) is 9.29. The maximum Gasteiger partial charge on any atom is 0.269 e.